The SMILES string of the molecule is CCN(CC1CC1)C(=O)c1cccc(C#N)c1. The number of hydrogen-bond donors (Lipinski definition) is 0. The smallest absolute Gasteiger partial charge is 0.253 e. The molecule has 0 aliphatic heterocycles. The fourth-order valence-electron chi connectivity index (χ4n) is 1.87. The standard InChI is InChI=1S/C14H16N2O/c1-2-16(10-11-6-7-11)14(17)13-5-3-4-12(8-13)9-15/h3-5,8,11H,2,6-7,10H2,1H3. The van der Waals surface area contributed by atoms with Gasteiger partial charge >= 0.3 is 0 Å². The number of rotatable bonds is 4. The lowest BCUT2D eigenvalue weighted by Crippen LogP contribution is -2.32. The molecule has 3 nitrogen and oxygen atoms in total. The van der Waals surface area contributed by atoms with Crippen LogP contribution >= 0.6 is 0 Å². The quantitative estimate of drug-likeness (QED) is 0.794. The molecule has 0 atom stereocenters. The predicted octanol–water partition coefficient (Wildman–Crippen LogP) is 2.43. The molecule has 1 aliphatic carbocycles. The van der Waals surface area contributed by atoms with E-state index in [1.807, 2.05) is 11.8 Å². The molecule has 0 N–H and O–H groups in total. The van der Waals surface area contributed by atoms with E-state index in [4.69, 9.17) is 5.26 Å². The highest BCUT2D eigenvalue weighted by Gasteiger charge is 2.26. The summed E-state index contributed by atoms with van der Waals surface area (Å²) in [7, 11) is 0. The van der Waals surface area contributed by atoms with Gasteiger partial charge in [0.05, 0.1) is 11.6 Å². The second kappa shape index (κ2) is 5.01. The first-order valence-electron chi connectivity index (χ1n) is 6.04. The van der Waals surface area contributed by atoms with Crippen molar-refractivity contribution >= 4 is 5.91 Å². The van der Waals surface area contributed by atoms with Crippen LogP contribution in [0.25, 0.3) is 0 Å². The van der Waals surface area contributed by atoms with E-state index in [1.165, 1.54) is 12.8 Å². The van der Waals surface area contributed by atoms with E-state index in [9.17, 15) is 4.79 Å². The molecule has 1 amide bonds. The average molecular weight is 228 g/mol. The number of nitrogens with zero attached hydrogens (tertiary/aromatic N) is 2. The highest BCUT2D eigenvalue weighted by atomic mass is 16.2. The Kier molecular flexibility index (Phi) is 3.43. The van der Waals surface area contributed by atoms with Gasteiger partial charge in [-0.25, -0.2) is 0 Å². The van der Waals surface area contributed by atoms with E-state index >= 15 is 0 Å². The normalized spacial score (nSPS) is 14.1. The van der Waals surface area contributed by atoms with E-state index < -0.39 is 0 Å². The molecule has 3 heteroatoms. The third-order valence-corrected chi connectivity index (χ3v) is 3.08. The van der Waals surface area contributed by atoms with Gasteiger partial charge in [-0.15, -0.1) is 0 Å². The van der Waals surface area contributed by atoms with Crippen LogP contribution in [0.1, 0.15) is 35.7 Å². The number of nitriles is 1. The lowest BCUT2D eigenvalue weighted by atomic mass is 10.1. The summed E-state index contributed by atoms with van der Waals surface area (Å²) in [5.41, 5.74) is 1.16. The fourth-order valence-corrected chi connectivity index (χ4v) is 1.87. The Morgan fingerprint density at radius 1 is 1.53 bits per heavy atom. The zero-order valence-corrected chi connectivity index (χ0v) is 10.0. The van der Waals surface area contributed by atoms with Gasteiger partial charge in [0.15, 0.2) is 0 Å². The maximum Gasteiger partial charge on any atom is 0.253 e. The van der Waals surface area contributed by atoms with Crippen LogP contribution in [0.3, 0.4) is 0 Å². The minimum absolute atomic E-state index is 0.0384. The Labute approximate surface area is 102 Å². The van der Waals surface area contributed by atoms with Gasteiger partial charge in [-0.3, -0.25) is 4.79 Å². The van der Waals surface area contributed by atoms with Crippen molar-refractivity contribution in [3.63, 3.8) is 0 Å². The van der Waals surface area contributed by atoms with Crippen LogP contribution in [0, 0.1) is 17.2 Å². The van der Waals surface area contributed by atoms with E-state index in [0.29, 0.717) is 17.0 Å². The molecule has 0 spiro atoms. The van der Waals surface area contributed by atoms with Crippen molar-refractivity contribution in [3.8, 4) is 6.07 Å². The van der Waals surface area contributed by atoms with Gasteiger partial charge in [-0.05, 0) is 43.9 Å². The molecule has 1 aromatic rings. The van der Waals surface area contributed by atoms with Crippen molar-refractivity contribution in [2.75, 3.05) is 13.1 Å². The summed E-state index contributed by atoms with van der Waals surface area (Å²) in [6.45, 7) is 3.58. The molecular formula is C14H16N2O. The Morgan fingerprint density at radius 2 is 2.29 bits per heavy atom. The molecule has 1 fully saturated rings. The van der Waals surface area contributed by atoms with Crippen molar-refractivity contribution in [1.82, 2.24) is 4.90 Å². The monoisotopic (exact) mass is 228 g/mol. The van der Waals surface area contributed by atoms with Gasteiger partial charge in [-0.2, -0.15) is 5.26 Å². The summed E-state index contributed by atoms with van der Waals surface area (Å²) in [6.07, 6.45) is 2.48. The third kappa shape index (κ3) is 2.85. The Bertz CT molecular complexity index is 458. The molecule has 0 radical (unpaired) electrons. The highest BCUT2D eigenvalue weighted by molar-refractivity contribution is 5.94. The lowest BCUT2D eigenvalue weighted by molar-refractivity contribution is 0.0757. The van der Waals surface area contributed by atoms with Crippen LogP contribution in [-0.4, -0.2) is 23.9 Å². The number of benzene rings is 1. The van der Waals surface area contributed by atoms with Crippen LogP contribution < -0.4 is 0 Å². The van der Waals surface area contributed by atoms with Gasteiger partial charge < -0.3 is 4.90 Å². The van der Waals surface area contributed by atoms with E-state index in [1.54, 1.807) is 24.3 Å². The summed E-state index contributed by atoms with van der Waals surface area (Å²) in [5.74, 6) is 0.731. The van der Waals surface area contributed by atoms with Crippen LogP contribution in [0.2, 0.25) is 0 Å². The second-order valence-electron chi connectivity index (χ2n) is 4.48. The Morgan fingerprint density at radius 3 is 2.88 bits per heavy atom. The molecule has 0 bridgehead atoms. The van der Waals surface area contributed by atoms with E-state index in [-0.39, 0.29) is 5.91 Å². The fraction of sp³-hybridized carbons (Fsp3) is 0.429. The molecule has 88 valence electrons. The first-order chi connectivity index (χ1) is 8.24. The van der Waals surface area contributed by atoms with Crippen LogP contribution in [0.15, 0.2) is 24.3 Å². The summed E-state index contributed by atoms with van der Waals surface area (Å²) >= 11 is 0. The molecule has 0 saturated heterocycles. The maximum atomic E-state index is 12.2. The van der Waals surface area contributed by atoms with Crippen LogP contribution in [-0.2, 0) is 0 Å². The van der Waals surface area contributed by atoms with Crippen molar-refractivity contribution in [2.45, 2.75) is 19.8 Å². The predicted molar refractivity (Wildman–Crippen MR) is 65.5 cm³/mol. The number of carbonyl (C=O) groups excluding carboxylic acids is 1. The van der Waals surface area contributed by atoms with Crippen molar-refractivity contribution in [3.05, 3.63) is 35.4 Å². The minimum Gasteiger partial charge on any atom is -0.339 e. The molecule has 1 aliphatic rings. The summed E-state index contributed by atoms with van der Waals surface area (Å²) in [4.78, 5) is 14.1. The maximum absolute atomic E-state index is 12.2. The zero-order valence-electron chi connectivity index (χ0n) is 10.0. The highest BCUT2D eigenvalue weighted by Crippen LogP contribution is 2.30. The molecule has 1 saturated carbocycles. The first-order valence-corrected chi connectivity index (χ1v) is 6.04. The first kappa shape index (κ1) is 11.7. The summed E-state index contributed by atoms with van der Waals surface area (Å²) in [6, 6.07) is 8.98. The molecular weight excluding hydrogens is 212 g/mol. The third-order valence-electron chi connectivity index (χ3n) is 3.08. The molecule has 1 aromatic carbocycles. The van der Waals surface area contributed by atoms with Gasteiger partial charge in [0.2, 0.25) is 0 Å². The van der Waals surface area contributed by atoms with E-state index in [0.717, 1.165) is 13.1 Å². The van der Waals surface area contributed by atoms with Crippen LogP contribution in [0.5, 0.6) is 0 Å². The second-order valence-corrected chi connectivity index (χ2v) is 4.48. The van der Waals surface area contributed by atoms with Gasteiger partial charge in [0.25, 0.3) is 5.91 Å². The van der Waals surface area contributed by atoms with E-state index in [2.05, 4.69) is 6.07 Å². The number of amides is 1. The molecule has 17 heavy (non-hydrogen) atoms. The molecule has 0 unspecified atom stereocenters. The summed E-state index contributed by atoms with van der Waals surface area (Å²) in [5, 5.41) is 8.82. The van der Waals surface area contributed by atoms with Gasteiger partial charge in [-0.1, -0.05) is 6.07 Å². The lowest BCUT2D eigenvalue weighted by Gasteiger charge is -2.20. The summed E-state index contributed by atoms with van der Waals surface area (Å²) < 4.78 is 0. The van der Waals surface area contributed by atoms with Crippen molar-refractivity contribution in [2.24, 2.45) is 5.92 Å². The number of hydrogen-bond acceptors (Lipinski definition) is 2. The Balaban J connectivity index is 2.13. The minimum atomic E-state index is 0.0384. The number of carbonyl (C=O) groups is 1. The van der Waals surface area contributed by atoms with Crippen molar-refractivity contribution in [1.29, 1.82) is 5.26 Å². The average Bonchev–Trinajstić information content (AvgIpc) is 3.19. The van der Waals surface area contributed by atoms with Crippen molar-refractivity contribution < 1.29 is 4.79 Å². The zero-order chi connectivity index (χ0) is 12.3. The molecule has 0 heterocycles. The Hall–Kier alpha value is -1.82. The van der Waals surface area contributed by atoms with Gasteiger partial charge in [0.1, 0.15) is 0 Å². The molecule has 0 aromatic heterocycles. The van der Waals surface area contributed by atoms with Gasteiger partial charge in [0, 0.05) is 18.7 Å². The van der Waals surface area contributed by atoms with Crippen LogP contribution in [0.4, 0.5) is 0 Å². The largest absolute Gasteiger partial charge is 0.339 e. The molecule has 2 rings (SSSR count). The topological polar surface area (TPSA) is 44.1 Å².